The SMILES string of the molecule is C[C@@]12CC[C@@H]3[C@H](CC=C4CC5(CC[C@@]43C)OCCO5)[C@H]1CC[C@H]2O. The highest BCUT2D eigenvalue weighted by molar-refractivity contribution is 5.26. The van der Waals surface area contributed by atoms with E-state index in [1.807, 2.05) is 0 Å². The molecule has 0 unspecified atom stereocenters. The monoisotopic (exact) mass is 332 g/mol. The Morgan fingerprint density at radius 2 is 1.79 bits per heavy atom. The Kier molecular flexibility index (Phi) is 3.35. The summed E-state index contributed by atoms with van der Waals surface area (Å²) in [6.07, 6.45) is 11.7. The fourth-order valence-electron chi connectivity index (χ4n) is 7.32. The van der Waals surface area contributed by atoms with E-state index < -0.39 is 0 Å². The number of hydrogen-bond acceptors (Lipinski definition) is 3. The summed E-state index contributed by atoms with van der Waals surface area (Å²) in [5.41, 5.74) is 2.12. The lowest BCUT2D eigenvalue weighted by Crippen LogP contribution is -2.52. The van der Waals surface area contributed by atoms with Crippen LogP contribution in [0.2, 0.25) is 0 Å². The van der Waals surface area contributed by atoms with E-state index in [-0.39, 0.29) is 17.3 Å². The predicted molar refractivity (Wildman–Crippen MR) is 92.3 cm³/mol. The van der Waals surface area contributed by atoms with Crippen molar-refractivity contribution in [3.63, 3.8) is 0 Å². The van der Waals surface area contributed by atoms with Crippen LogP contribution in [0.5, 0.6) is 0 Å². The molecule has 0 aromatic rings. The number of aliphatic hydroxyl groups excluding tert-OH is 1. The number of ether oxygens (including phenoxy) is 2. The van der Waals surface area contributed by atoms with Crippen LogP contribution in [0.25, 0.3) is 0 Å². The first-order valence-corrected chi connectivity index (χ1v) is 10.1. The Morgan fingerprint density at radius 1 is 1.00 bits per heavy atom. The number of aliphatic hydroxyl groups is 1. The van der Waals surface area contributed by atoms with Crippen molar-refractivity contribution in [1.82, 2.24) is 0 Å². The zero-order valence-corrected chi connectivity index (χ0v) is 15.2. The zero-order valence-electron chi connectivity index (χ0n) is 15.2. The lowest BCUT2D eigenvalue weighted by atomic mass is 9.47. The summed E-state index contributed by atoms with van der Waals surface area (Å²) in [6.45, 7) is 6.40. The van der Waals surface area contributed by atoms with Crippen LogP contribution < -0.4 is 0 Å². The Labute approximate surface area is 145 Å². The molecule has 4 aliphatic carbocycles. The molecule has 0 bridgehead atoms. The van der Waals surface area contributed by atoms with Crippen LogP contribution in [-0.2, 0) is 9.47 Å². The molecule has 24 heavy (non-hydrogen) atoms. The van der Waals surface area contributed by atoms with Crippen LogP contribution in [0.1, 0.15) is 65.2 Å². The predicted octanol–water partition coefficient (Wildman–Crippen LogP) is 4.05. The number of hydrogen-bond donors (Lipinski definition) is 1. The molecule has 1 saturated heterocycles. The molecule has 134 valence electrons. The molecule has 0 aromatic heterocycles. The molecule has 1 N–H and O–H groups in total. The first kappa shape index (κ1) is 15.8. The third-order valence-corrected chi connectivity index (χ3v) is 8.87. The van der Waals surface area contributed by atoms with Crippen LogP contribution in [0.4, 0.5) is 0 Å². The fourth-order valence-corrected chi connectivity index (χ4v) is 7.32. The minimum Gasteiger partial charge on any atom is -0.393 e. The zero-order chi connectivity index (χ0) is 16.6. The minimum atomic E-state index is -0.301. The highest BCUT2D eigenvalue weighted by atomic mass is 16.7. The van der Waals surface area contributed by atoms with Crippen LogP contribution in [0.3, 0.4) is 0 Å². The molecular formula is C21H32O3. The summed E-state index contributed by atoms with van der Waals surface area (Å²) in [5, 5.41) is 10.6. The topological polar surface area (TPSA) is 38.7 Å². The lowest BCUT2D eigenvalue weighted by Gasteiger charge is -2.58. The molecule has 3 saturated carbocycles. The quantitative estimate of drug-likeness (QED) is 0.680. The van der Waals surface area contributed by atoms with Crippen molar-refractivity contribution in [3.8, 4) is 0 Å². The summed E-state index contributed by atoms with van der Waals surface area (Å²) >= 11 is 0. The van der Waals surface area contributed by atoms with Gasteiger partial charge in [0.25, 0.3) is 0 Å². The molecule has 5 rings (SSSR count). The summed E-state index contributed by atoms with van der Waals surface area (Å²) in [7, 11) is 0. The molecule has 3 nitrogen and oxygen atoms in total. The third-order valence-electron chi connectivity index (χ3n) is 8.87. The van der Waals surface area contributed by atoms with Gasteiger partial charge in [-0.1, -0.05) is 25.5 Å². The Hall–Kier alpha value is -0.380. The van der Waals surface area contributed by atoms with Crippen LogP contribution in [0, 0.1) is 28.6 Å². The van der Waals surface area contributed by atoms with Crippen LogP contribution in [-0.4, -0.2) is 30.2 Å². The average Bonchev–Trinajstić information content (AvgIpc) is 3.14. The maximum Gasteiger partial charge on any atom is 0.172 e. The molecule has 4 fully saturated rings. The number of rotatable bonds is 0. The van der Waals surface area contributed by atoms with E-state index in [2.05, 4.69) is 19.9 Å². The van der Waals surface area contributed by atoms with Gasteiger partial charge in [0.15, 0.2) is 5.79 Å². The highest BCUT2D eigenvalue weighted by Crippen LogP contribution is 2.65. The van der Waals surface area contributed by atoms with E-state index >= 15 is 0 Å². The average molecular weight is 332 g/mol. The molecule has 0 aromatic carbocycles. The normalized spacial score (nSPS) is 52.5. The van der Waals surface area contributed by atoms with Gasteiger partial charge < -0.3 is 14.6 Å². The van der Waals surface area contributed by atoms with Gasteiger partial charge in [-0.3, -0.25) is 0 Å². The summed E-state index contributed by atoms with van der Waals surface area (Å²) in [4.78, 5) is 0. The van der Waals surface area contributed by atoms with E-state index in [0.717, 1.165) is 50.2 Å². The molecule has 3 heteroatoms. The Bertz CT molecular complexity index is 563. The van der Waals surface area contributed by atoms with Gasteiger partial charge in [-0.05, 0) is 67.1 Å². The minimum absolute atomic E-state index is 0.0726. The van der Waals surface area contributed by atoms with Gasteiger partial charge in [0.05, 0.1) is 19.3 Å². The van der Waals surface area contributed by atoms with Crippen molar-refractivity contribution in [3.05, 3.63) is 11.6 Å². The second kappa shape index (κ2) is 5.08. The second-order valence-electron chi connectivity index (χ2n) is 9.68. The van der Waals surface area contributed by atoms with E-state index in [4.69, 9.17) is 9.47 Å². The van der Waals surface area contributed by atoms with Crippen molar-refractivity contribution in [1.29, 1.82) is 0 Å². The maximum absolute atomic E-state index is 10.6. The summed E-state index contributed by atoms with van der Waals surface area (Å²) in [6, 6.07) is 0. The van der Waals surface area contributed by atoms with Crippen molar-refractivity contribution in [2.45, 2.75) is 77.1 Å². The highest BCUT2D eigenvalue weighted by Gasteiger charge is 2.60. The lowest BCUT2D eigenvalue weighted by molar-refractivity contribution is -0.185. The third kappa shape index (κ3) is 1.95. The van der Waals surface area contributed by atoms with Gasteiger partial charge in [0.1, 0.15) is 0 Å². The van der Waals surface area contributed by atoms with E-state index in [0.29, 0.717) is 5.41 Å². The smallest absolute Gasteiger partial charge is 0.172 e. The van der Waals surface area contributed by atoms with E-state index in [1.54, 1.807) is 5.57 Å². The second-order valence-corrected chi connectivity index (χ2v) is 9.68. The number of fused-ring (bicyclic) bond motifs is 5. The van der Waals surface area contributed by atoms with Gasteiger partial charge in [-0.15, -0.1) is 0 Å². The van der Waals surface area contributed by atoms with E-state index in [9.17, 15) is 5.11 Å². The van der Waals surface area contributed by atoms with Gasteiger partial charge >= 0.3 is 0 Å². The van der Waals surface area contributed by atoms with Gasteiger partial charge in [0.2, 0.25) is 0 Å². The van der Waals surface area contributed by atoms with Crippen molar-refractivity contribution in [2.75, 3.05) is 13.2 Å². The maximum atomic E-state index is 10.6. The standard InChI is InChI=1S/C21H32O3/c1-19-9-10-21(23-11-12-24-21)13-14(19)3-4-15-16-5-6-18(22)20(16,2)8-7-17(15)19/h3,15-18,22H,4-13H2,1-2H3/t15-,16-,17-,18-,19+,20-/m1/s1. The fraction of sp³-hybridized carbons (Fsp3) is 0.905. The van der Waals surface area contributed by atoms with Crippen molar-refractivity contribution in [2.24, 2.45) is 28.6 Å². The molecule has 6 atom stereocenters. The molecule has 5 aliphatic rings. The van der Waals surface area contributed by atoms with Gasteiger partial charge in [-0.25, -0.2) is 0 Å². The van der Waals surface area contributed by atoms with Crippen molar-refractivity contribution < 1.29 is 14.6 Å². The largest absolute Gasteiger partial charge is 0.393 e. The van der Waals surface area contributed by atoms with Crippen LogP contribution >= 0.6 is 0 Å². The first-order valence-electron chi connectivity index (χ1n) is 10.1. The van der Waals surface area contributed by atoms with Gasteiger partial charge in [-0.2, -0.15) is 0 Å². The number of allylic oxidation sites excluding steroid dienone is 1. The van der Waals surface area contributed by atoms with E-state index in [1.165, 1.54) is 32.1 Å². The first-order chi connectivity index (χ1) is 11.5. The molecule has 0 radical (unpaired) electrons. The molecule has 1 spiro atoms. The van der Waals surface area contributed by atoms with Crippen molar-refractivity contribution >= 4 is 0 Å². The summed E-state index contributed by atoms with van der Waals surface area (Å²) in [5.74, 6) is 1.98. The molecular weight excluding hydrogens is 300 g/mol. The molecule has 1 aliphatic heterocycles. The molecule has 1 heterocycles. The molecule has 0 amide bonds. The summed E-state index contributed by atoms with van der Waals surface area (Å²) < 4.78 is 12.0. The Morgan fingerprint density at radius 3 is 2.58 bits per heavy atom. The van der Waals surface area contributed by atoms with Gasteiger partial charge in [0, 0.05) is 12.8 Å². The van der Waals surface area contributed by atoms with Crippen LogP contribution in [0.15, 0.2) is 11.6 Å². The Balaban J connectivity index is 1.46.